The van der Waals surface area contributed by atoms with E-state index in [9.17, 15) is 35.8 Å². The van der Waals surface area contributed by atoms with E-state index in [2.05, 4.69) is 14.7 Å². The smallest absolute Gasteiger partial charge is 0.405 e. The predicted molar refractivity (Wildman–Crippen MR) is 167 cm³/mol. The van der Waals surface area contributed by atoms with Crippen molar-refractivity contribution in [2.45, 2.75) is 95.1 Å². The van der Waals surface area contributed by atoms with Gasteiger partial charge < -0.3 is 14.6 Å². The van der Waals surface area contributed by atoms with E-state index in [0.717, 1.165) is 6.92 Å². The number of carbonyl (C=O) groups is 2. The maximum Gasteiger partial charge on any atom is 0.418 e. The molecule has 0 spiro atoms. The fourth-order valence-electron chi connectivity index (χ4n) is 4.63. The largest absolute Gasteiger partial charge is 0.418 e. The predicted octanol–water partition coefficient (Wildman–Crippen LogP) is 7.68. The average molecular weight is 677 g/mol. The monoisotopic (exact) mass is 676 g/mol. The fourth-order valence-corrected chi connectivity index (χ4v) is 7.25. The molecule has 45 heavy (non-hydrogen) atoms. The van der Waals surface area contributed by atoms with Gasteiger partial charge in [0.2, 0.25) is 5.92 Å². The van der Waals surface area contributed by atoms with Crippen molar-refractivity contribution in [1.29, 1.82) is 0 Å². The highest BCUT2D eigenvalue weighted by atomic mass is 32.2. The van der Waals surface area contributed by atoms with E-state index < -0.39 is 71.2 Å². The minimum atomic E-state index is -4.82. The van der Waals surface area contributed by atoms with Gasteiger partial charge in [-0.2, -0.15) is 17.5 Å². The number of alkyl halides is 5. The van der Waals surface area contributed by atoms with Crippen LogP contribution in [0.3, 0.4) is 0 Å². The zero-order chi connectivity index (χ0) is 34.2. The van der Waals surface area contributed by atoms with Crippen molar-refractivity contribution in [2.24, 2.45) is 4.36 Å². The average Bonchev–Trinajstić information content (AvgIpc) is 3.06. The van der Waals surface area contributed by atoms with Crippen LogP contribution >= 0.6 is 0 Å². The second-order valence-corrected chi connectivity index (χ2v) is 19.9. The van der Waals surface area contributed by atoms with Crippen LogP contribution in [0.15, 0.2) is 39.7 Å². The zero-order valence-electron chi connectivity index (χ0n) is 26.8. The standard InChI is InChI=1S/C30H41F5N4O4SSi/c1-19-23(30(33,34)35)18-36-25(39-15-10-13-29(31,32)14-16-39)24(19)27(41)37-21-11-9-12-22(17-21)44(6,42)38-26(40)20(2)43-45(7,8)28(3,4)5/h9,11-12,17-18,20H,10,13-16H2,1-8H3,(H,37,41). The summed E-state index contributed by atoms with van der Waals surface area (Å²) in [5.74, 6) is -4.74. The van der Waals surface area contributed by atoms with Gasteiger partial charge in [-0.05, 0) is 62.2 Å². The first kappa shape index (κ1) is 36.6. The van der Waals surface area contributed by atoms with E-state index in [1.165, 1.54) is 35.4 Å². The summed E-state index contributed by atoms with van der Waals surface area (Å²) in [6.07, 6.45) is -4.76. The minimum absolute atomic E-state index is 0.0600. The molecule has 2 unspecified atom stereocenters. The SMILES string of the molecule is Cc1c(C(F)(F)F)cnc(N2CCCC(F)(F)CC2)c1C(=O)Nc1cccc(S(C)(=O)=NC(=O)C(C)O[Si](C)(C)C(C)(C)C)c1. The number of nitrogens with one attached hydrogen (secondary N) is 1. The van der Waals surface area contributed by atoms with Gasteiger partial charge in [0, 0.05) is 49.0 Å². The number of pyridine rings is 1. The van der Waals surface area contributed by atoms with E-state index >= 15 is 0 Å². The van der Waals surface area contributed by atoms with E-state index in [4.69, 9.17) is 4.43 Å². The highest BCUT2D eigenvalue weighted by molar-refractivity contribution is 7.93. The lowest BCUT2D eigenvalue weighted by Crippen LogP contribution is -2.45. The van der Waals surface area contributed by atoms with Gasteiger partial charge in [0.1, 0.15) is 11.9 Å². The van der Waals surface area contributed by atoms with Crippen LogP contribution in [0.25, 0.3) is 0 Å². The first-order valence-electron chi connectivity index (χ1n) is 14.5. The number of rotatable bonds is 7. The third-order valence-electron chi connectivity index (χ3n) is 8.29. The van der Waals surface area contributed by atoms with Gasteiger partial charge in [-0.25, -0.2) is 18.0 Å². The Morgan fingerprint density at radius 3 is 2.40 bits per heavy atom. The number of benzene rings is 1. The quantitative estimate of drug-likeness (QED) is 0.239. The summed E-state index contributed by atoms with van der Waals surface area (Å²) in [7, 11) is -5.65. The lowest BCUT2D eigenvalue weighted by atomic mass is 10.0. The Hall–Kier alpha value is -2.91. The first-order valence-corrected chi connectivity index (χ1v) is 19.3. The van der Waals surface area contributed by atoms with Crippen LogP contribution in [0.5, 0.6) is 0 Å². The zero-order valence-corrected chi connectivity index (χ0v) is 28.6. The molecule has 2 amide bonds. The van der Waals surface area contributed by atoms with Crippen LogP contribution in [0, 0.1) is 6.92 Å². The highest BCUT2D eigenvalue weighted by Gasteiger charge is 2.40. The molecular formula is C30H41F5N4O4SSi. The molecular weight excluding hydrogens is 635 g/mol. The molecule has 2 atom stereocenters. The molecule has 1 aromatic heterocycles. The number of carbonyl (C=O) groups excluding carboxylic acids is 2. The summed E-state index contributed by atoms with van der Waals surface area (Å²) in [5.41, 5.74) is -1.87. The number of hydrogen-bond acceptors (Lipinski definition) is 6. The maximum absolute atomic E-state index is 14.0. The summed E-state index contributed by atoms with van der Waals surface area (Å²) >= 11 is 0. The summed E-state index contributed by atoms with van der Waals surface area (Å²) in [6.45, 7) is 12.5. The Balaban J connectivity index is 1.95. The molecule has 0 saturated carbocycles. The Bertz CT molecular complexity index is 1570. The number of nitrogens with zero attached hydrogens (tertiary/aromatic N) is 3. The van der Waals surface area contributed by atoms with Crippen LogP contribution in [0.1, 0.15) is 68.4 Å². The van der Waals surface area contributed by atoms with Gasteiger partial charge in [0.05, 0.1) is 20.9 Å². The van der Waals surface area contributed by atoms with E-state index in [1.54, 1.807) is 6.92 Å². The minimum Gasteiger partial charge on any atom is -0.405 e. The lowest BCUT2D eigenvalue weighted by molar-refractivity contribution is -0.138. The number of hydrogen-bond donors (Lipinski definition) is 1. The van der Waals surface area contributed by atoms with Crippen molar-refractivity contribution in [1.82, 2.24) is 4.98 Å². The van der Waals surface area contributed by atoms with E-state index in [1.807, 2.05) is 33.9 Å². The van der Waals surface area contributed by atoms with Crippen molar-refractivity contribution < 1.29 is 40.2 Å². The highest BCUT2D eigenvalue weighted by Crippen LogP contribution is 2.38. The number of anilines is 2. The third kappa shape index (κ3) is 8.88. The second-order valence-electron chi connectivity index (χ2n) is 12.9. The first-order chi connectivity index (χ1) is 20.4. The van der Waals surface area contributed by atoms with Crippen molar-refractivity contribution in [3.63, 3.8) is 0 Å². The molecule has 1 N–H and O–H groups in total. The molecule has 8 nitrogen and oxygen atoms in total. The lowest BCUT2D eigenvalue weighted by Gasteiger charge is -2.37. The molecule has 1 aromatic carbocycles. The number of halogens is 5. The molecule has 1 aliphatic heterocycles. The normalized spacial score (nSPS) is 18.0. The third-order valence-corrected chi connectivity index (χ3v) is 14.5. The van der Waals surface area contributed by atoms with E-state index in [0.29, 0.717) is 6.20 Å². The van der Waals surface area contributed by atoms with Gasteiger partial charge in [-0.15, -0.1) is 0 Å². The summed E-state index contributed by atoms with van der Waals surface area (Å²) in [5, 5.41) is 2.36. The Labute approximate surface area is 262 Å². The van der Waals surface area contributed by atoms with Crippen LogP contribution < -0.4 is 10.2 Å². The van der Waals surface area contributed by atoms with Gasteiger partial charge in [-0.3, -0.25) is 9.59 Å². The Kier molecular flexibility index (Phi) is 10.6. The van der Waals surface area contributed by atoms with Crippen molar-refractivity contribution in [3.05, 3.63) is 47.2 Å². The Morgan fingerprint density at radius 1 is 1.16 bits per heavy atom. The molecule has 0 bridgehead atoms. The van der Waals surface area contributed by atoms with Crippen LogP contribution in [-0.4, -0.2) is 60.7 Å². The molecule has 1 fully saturated rings. The fraction of sp³-hybridized carbons (Fsp3) is 0.567. The van der Waals surface area contributed by atoms with Crippen molar-refractivity contribution in [2.75, 3.05) is 29.6 Å². The van der Waals surface area contributed by atoms with Gasteiger partial charge in [-0.1, -0.05) is 26.8 Å². The number of amides is 2. The van der Waals surface area contributed by atoms with Crippen LogP contribution in [0.4, 0.5) is 33.5 Å². The molecule has 0 aliphatic carbocycles. The van der Waals surface area contributed by atoms with Gasteiger partial charge >= 0.3 is 6.18 Å². The van der Waals surface area contributed by atoms with Crippen LogP contribution in [0.2, 0.25) is 18.1 Å². The molecule has 15 heteroatoms. The topological polar surface area (TPSA) is 101 Å². The molecule has 1 aliphatic rings. The maximum atomic E-state index is 14.0. The summed E-state index contributed by atoms with van der Waals surface area (Å²) in [4.78, 5) is 31.9. The Morgan fingerprint density at radius 2 is 1.80 bits per heavy atom. The molecule has 1 saturated heterocycles. The number of aromatic nitrogens is 1. The van der Waals surface area contributed by atoms with Gasteiger partial charge in [0.25, 0.3) is 11.8 Å². The molecule has 3 rings (SSSR count). The van der Waals surface area contributed by atoms with Crippen molar-refractivity contribution >= 4 is 41.4 Å². The molecule has 250 valence electrons. The van der Waals surface area contributed by atoms with Crippen LogP contribution in [-0.2, 0) is 25.1 Å². The van der Waals surface area contributed by atoms with Gasteiger partial charge in [0.15, 0.2) is 8.32 Å². The summed E-state index contributed by atoms with van der Waals surface area (Å²) in [6, 6.07) is 5.66. The van der Waals surface area contributed by atoms with Crippen molar-refractivity contribution in [3.8, 4) is 0 Å². The second kappa shape index (κ2) is 13.1. The molecule has 0 radical (unpaired) electrons. The van der Waals surface area contributed by atoms with E-state index in [-0.39, 0.29) is 47.4 Å². The molecule has 2 heterocycles. The molecule has 2 aromatic rings. The summed E-state index contributed by atoms with van der Waals surface area (Å²) < 4.78 is 93.1.